The van der Waals surface area contributed by atoms with Crippen LogP contribution >= 0.6 is 0 Å². The number of unbranched alkanes of at least 4 members (excludes halogenated alkanes) is 3. The van der Waals surface area contributed by atoms with Crippen molar-refractivity contribution in [3.05, 3.63) is 24.3 Å². The molecule has 0 saturated heterocycles. The van der Waals surface area contributed by atoms with E-state index < -0.39 is 0 Å². The second-order valence-electron chi connectivity index (χ2n) is 8.15. The number of esters is 1. The summed E-state index contributed by atoms with van der Waals surface area (Å²) in [7, 11) is 0. The number of anilines is 1. The van der Waals surface area contributed by atoms with Gasteiger partial charge in [0.15, 0.2) is 0 Å². The van der Waals surface area contributed by atoms with Crippen LogP contribution in [0.25, 0.3) is 0 Å². The van der Waals surface area contributed by atoms with Crippen molar-refractivity contribution < 1.29 is 42.7 Å². The molecule has 0 saturated carbocycles. The molecule has 0 fully saturated rings. The van der Waals surface area contributed by atoms with Crippen LogP contribution in [0.15, 0.2) is 24.3 Å². The number of rotatable bonds is 25. The number of carbonyl (C=O) groups excluding carboxylic acids is 2. The van der Waals surface area contributed by atoms with Crippen LogP contribution in [0.3, 0.4) is 0 Å². The lowest BCUT2D eigenvalue weighted by Crippen LogP contribution is -2.15. The van der Waals surface area contributed by atoms with Gasteiger partial charge in [0.2, 0.25) is 5.91 Å². The monoisotopic (exact) mass is 527 g/mol. The number of ether oxygens (including phenoxy) is 7. The molecule has 0 spiro atoms. The van der Waals surface area contributed by atoms with Gasteiger partial charge in [0.05, 0.1) is 66.1 Å². The number of hydrogen-bond donors (Lipinski definition) is 1. The highest BCUT2D eigenvalue weighted by Crippen LogP contribution is 2.15. The molecular weight excluding hydrogens is 482 g/mol. The molecule has 212 valence electrons. The SMILES string of the molecule is CCCCCCC(=O)OCCOCCOCCOCCOCCOCCOc1ccc(NC(C)=O)cc1. The maximum absolute atomic E-state index is 11.5. The highest BCUT2D eigenvalue weighted by Gasteiger charge is 2.02. The van der Waals surface area contributed by atoms with Gasteiger partial charge in [-0.1, -0.05) is 26.2 Å². The molecule has 1 N–H and O–H groups in total. The topological polar surface area (TPSA) is 111 Å². The number of hydrogen-bond acceptors (Lipinski definition) is 9. The fourth-order valence-corrected chi connectivity index (χ4v) is 3.02. The van der Waals surface area contributed by atoms with E-state index in [2.05, 4.69) is 12.2 Å². The standard InChI is InChI=1S/C27H45NO9/c1-3-4-5-6-7-27(30)37-23-21-35-19-17-33-15-13-31-12-14-32-16-18-34-20-22-36-26-10-8-25(9-11-26)28-24(2)29/h8-11H,3-7,12-23H2,1-2H3,(H,28,29). The molecule has 1 rings (SSSR count). The minimum atomic E-state index is -0.154. The van der Waals surface area contributed by atoms with Crippen LogP contribution < -0.4 is 10.1 Å². The van der Waals surface area contributed by atoms with Gasteiger partial charge in [-0.15, -0.1) is 0 Å². The van der Waals surface area contributed by atoms with Gasteiger partial charge in [-0.05, 0) is 30.7 Å². The number of carbonyl (C=O) groups is 2. The largest absolute Gasteiger partial charge is 0.491 e. The first-order chi connectivity index (χ1) is 18.1. The first-order valence-corrected chi connectivity index (χ1v) is 13.2. The van der Waals surface area contributed by atoms with E-state index in [1.807, 2.05) is 0 Å². The van der Waals surface area contributed by atoms with E-state index in [-0.39, 0.29) is 18.5 Å². The molecule has 0 bridgehead atoms. The highest BCUT2D eigenvalue weighted by atomic mass is 16.6. The molecule has 1 amide bonds. The van der Waals surface area contributed by atoms with Crippen molar-refractivity contribution in [3.63, 3.8) is 0 Å². The summed E-state index contributed by atoms with van der Waals surface area (Å²) in [6.45, 7) is 8.98. The molecule has 0 radical (unpaired) electrons. The molecule has 10 heteroatoms. The zero-order valence-electron chi connectivity index (χ0n) is 22.5. The van der Waals surface area contributed by atoms with Gasteiger partial charge >= 0.3 is 5.97 Å². The van der Waals surface area contributed by atoms with Gasteiger partial charge in [0, 0.05) is 19.0 Å². The average Bonchev–Trinajstić information content (AvgIpc) is 2.88. The van der Waals surface area contributed by atoms with Crippen LogP contribution in [0, 0.1) is 0 Å². The third-order valence-corrected chi connectivity index (χ3v) is 4.88. The summed E-state index contributed by atoms with van der Waals surface area (Å²) >= 11 is 0. The normalized spacial score (nSPS) is 10.9. The minimum Gasteiger partial charge on any atom is -0.491 e. The highest BCUT2D eigenvalue weighted by molar-refractivity contribution is 5.88. The lowest BCUT2D eigenvalue weighted by Gasteiger charge is -2.09. The fraction of sp³-hybridized carbons (Fsp3) is 0.704. The molecule has 0 aliphatic carbocycles. The van der Waals surface area contributed by atoms with Gasteiger partial charge < -0.3 is 38.5 Å². The summed E-state index contributed by atoms with van der Waals surface area (Å²) in [4.78, 5) is 22.5. The third-order valence-electron chi connectivity index (χ3n) is 4.88. The zero-order chi connectivity index (χ0) is 26.8. The molecule has 0 aromatic heterocycles. The van der Waals surface area contributed by atoms with Crippen molar-refractivity contribution in [1.29, 1.82) is 0 Å². The predicted octanol–water partition coefficient (Wildman–Crippen LogP) is 3.62. The van der Waals surface area contributed by atoms with Gasteiger partial charge in [0.1, 0.15) is 19.0 Å². The van der Waals surface area contributed by atoms with E-state index in [0.29, 0.717) is 84.8 Å². The van der Waals surface area contributed by atoms with Crippen LogP contribution in [0.4, 0.5) is 5.69 Å². The number of benzene rings is 1. The second-order valence-corrected chi connectivity index (χ2v) is 8.15. The van der Waals surface area contributed by atoms with Crippen LogP contribution in [-0.4, -0.2) is 91.2 Å². The van der Waals surface area contributed by atoms with Crippen molar-refractivity contribution in [2.45, 2.75) is 46.0 Å². The molecule has 0 aliphatic heterocycles. The Hall–Kier alpha value is -2.24. The first kappa shape index (κ1) is 32.8. The van der Waals surface area contributed by atoms with Crippen molar-refractivity contribution in [2.75, 3.05) is 84.6 Å². The van der Waals surface area contributed by atoms with Gasteiger partial charge in [-0.3, -0.25) is 9.59 Å². The predicted molar refractivity (Wildman–Crippen MR) is 140 cm³/mol. The number of amides is 1. The molecule has 0 atom stereocenters. The van der Waals surface area contributed by atoms with E-state index in [1.54, 1.807) is 24.3 Å². The Kier molecular flexibility index (Phi) is 21.4. The lowest BCUT2D eigenvalue weighted by atomic mass is 10.2. The molecule has 0 aliphatic rings. The summed E-state index contributed by atoms with van der Waals surface area (Å²) in [6.07, 6.45) is 4.76. The van der Waals surface area contributed by atoms with Crippen LogP contribution in [0.1, 0.15) is 46.0 Å². The first-order valence-electron chi connectivity index (χ1n) is 13.2. The Morgan fingerprint density at radius 3 is 1.62 bits per heavy atom. The van der Waals surface area contributed by atoms with Crippen molar-refractivity contribution in [2.24, 2.45) is 0 Å². The van der Waals surface area contributed by atoms with Gasteiger partial charge in [-0.25, -0.2) is 0 Å². The van der Waals surface area contributed by atoms with Gasteiger partial charge in [0.25, 0.3) is 0 Å². The molecule has 0 unspecified atom stereocenters. The molecule has 1 aromatic rings. The van der Waals surface area contributed by atoms with Gasteiger partial charge in [-0.2, -0.15) is 0 Å². The smallest absolute Gasteiger partial charge is 0.305 e. The third kappa shape index (κ3) is 21.5. The Balaban J connectivity index is 1.75. The van der Waals surface area contributed by atoms with Crippen LogP contribution in [0.5, 0.6) is 5.75 Å². The Bertz CT molecular complexity index is 685. The summed E-state index contributed by atoms with van der Waals surface area (Å²) < 4.78 is 37.9. The molecule has 1 aromatic carbocycles. The molecule has 0 heterocycles. The maximum atomic E-state index is 11.5. The minimum absolute atomic E-state index is 0.108. The summed E-state index contributed by atoms with van der Waals surface area (Å²) in [6, 6.07) is 7.17. The zero-order valence-corrected chi connectivity index (χ0v) is 22.5. The van der Waals surface area contributed by atoms with E-state index in [4.69, 9.17) is 33.2 Å². The molecule has 10 nitrogen and oxygen atoms in total. The summed E-state index contributed by atoms with van der Waals surface area (Å²) in [5, 5.41) is 2.70. The fourth-order valence-electron chi connectivity index (χ4n) is 3.02. The van der Waals surface area contributed by atoms with E-state index in [0.717, 1.165) is 31.4 Å². The second kappa shape index (κ2) is 24.1. The Labute approximate surface area is 221 Å². The Morgan fingerprint density at radius 2 is 1.14 bits per heavy atom. The maximum Gasteiger partial charge on any atom is 0.305 e. The Morgan fingerprint density at radius 1 is 0.649 bits per heavy atom. The average molecular weight is 528 g/mol. The van der Waals surface area contributed by atoms with Crippen LogP contribution in [0.2, 0.25) is 0 Å². The van der Waals surface area contributed by atoms with Crippen molar-refractivity contribution in [3.8, 4) is 5.75 Å². The van der Waals surface area contributed by atoms with Crippen molar-refractivity contribution in [1.82, 2.24) is 0 Å². The molecule has 37 heavy (non-hydrogen) atoms. The van der Waals surface area contributed by atoms with E-state index in [1.165, 1.54) is 6.92 Å². The quantitative estimate of drug-likeness (QED) is 0.151. The summed E-state index contributed by atoms with van der Waals surface area (Å²) in [5.41, 5.74) is 0.732. The van der Waals surface area contributed by atoms with E-state index in [9.17, 15) is 9.59 Å². The summed E-state index contributed by atoms with van der Waals surface area (Å²) in [5.74, 6) is 0.455. The molecular formula is C27H45NO9. The lowest BCUT2D eigenvalue weighted by molar-refractivity contribution is -0.145. The van der Waals surface area contributed by atoms with Crippen molar-refractivity contribution >= 4 is 17.6 Å². The van der Waals surface area contributed by atoms with Crippen LogP contribution in [-0.2, 0) is 38.0 Å². The van der Waals surface area contributed by atoms with E-state index >= 15 is 0 Å². The number of nitrogens with one attached hydrogen (secondary N) is 1.